The molecule has 0 saturated carbocycles. The smallest absolute Gasteiger partial charge is 0.274 e. The third-order valence-corrected chi connectivity index (χ3v) is 4.67. The Hall–Kier alpha value is -3.55. The van der Waals surface area contributed by atoms with Gasteiger partial charge in [0, 0.05) is 18.9 Å². The van der Waals surface area contributed by atoms with Crippen LogP contribution in [0.3, 0.4) is 0 Å². The number of anilines is 1. The van der Waals surface area contributed by atoms with Crippen LogP contribution in [0.4, 0.5) is 5.82 Å². The average molecular weight is 362 g/mol. The predicted octanol–water partition coefficient (Wildman–Crippen LogP) is 1.73. The summed E-state index contributed by atoms with van der Waals surface area (Å²) in [6.07, 6.45) is 7.16. The number of benzene rings is 1. The quantitative estimate of drug-likeness (QED) is 0.708. The molecule has 0 bridgehead atoms. The predicted molar refractivity (Wildman–Crippen MR) is 98.4 cm³/mol. The van der Waals surface area contributed by atoms with Crippen LogP contribution >= 0.6 is 0 Å². The Labute approximate surface area is 155 Å². The topological polar surface area (TPSA) is 107 Å². The molecule has 0 spiro atoms. The summed E-state index contributed by atoms with van der Waals surface area (Å²) in [6.45, 7) is 0.499. The number of nitrogens with two attached hydrogens (primary N) is 1. The monoisotopic (exact) mass is 362 g/mol. The number of nitrogens with zero attached hydrogens (tertiary/aromatic N) is 5. The molecule has 0 radical (unpaired) electrons. The molecule has 8 nitrogen and oxygen atoms in total. The molecule has 1 aromatic carbocycles. The molecule has 1 fully saturated rings. The molecule has 2 aromatic heterocycles. The summed E-state index contributed by atoms with van der Waals surface area (Å²) in [4.78, 5) is 35.3. The van der Waals surface area contributed by atoms with Crippen molar-refractivity contribution in [3.8, 4) is 5.69 Å². The van der Waals surface area contributed by atoms with Crippen LogP contribution < -0.4 is 5.73 Å². The number of ketones is 1. The Morgan fingerprint density at radius 3 is 2.67 bits per heavy atom. The Kier molecular flexibility index (Phi) is 4.37. The van der Waals surface area contributed by atoms with Crippen LogP contribution in [0.1, 0.15) is 33.7 Å². The highest BCUT2D eigenvalue weighted by Crippen LogP contribution is 2.26. The largest absolute Gasteiger partial charge is 0.383 e. The van der Waals surface area contributed by atoms with Crippen LogP contribution in [-0.4, -0.2) is 48.9 Å². The van der Waals surface area contributed by atoms with E-state index in [9.17, 15) is 9.59 Å². The molecule has 8 heteroatoms. The molecule has 136 valence electrons. The van der Waals surface area contributed by atoms with E-state index in [1.165, 1.54) is 29.5 Å². The summed E-state index contributed by atoms with van der Waals surface area (Å²) < 4.78 is 1.52. The van der Waals surface area contributed by atoms with E-state index in [1.54, 1.807) is 4.90 Å². The highest BCUT2D eigenvalue weighted by Gasteiger charge is 2.37. The number of hydrogen-bond donors (Lipinski definition) is 1. The van der Waals surface area contributed by atoms with E-state index >= 15 is 0 Å². The van der Waals surface area contributed by atoms with Gasteiger partial charge >= 0.3 is 0 Å². The van der Waals surface area contributed by atoms with Crippen molar-refractivity contribution < 1.29 is 9.59 Å². The summed E-state index contributed by atoms with van der Waals surface area (Å²) in [5, 5.41) is 4.25. The number of para-hydroxylation sites is 1. The lowest BCUT2D eigenvalue weighted by Crippen LogP contribution is -2.41. The molecule has 1 aliphatic rings. The minimum atomic E-state index is -0.574. The summed E-state index contributed by atoms with van der Waals surface area (Å²) in [6, 6.07) is 8.78. The van der Waals surface area contributed by atoms with E-state index in [0.29, 0.717) is 18.5 Å². The van der Waals surface area contributed by atoms with Gasteiger partial charge in [0.1, 0.15) is 11.5 Å². The maximum Gasteiger partial charge on any atom is 0.274 e. The Morgan fingerprint density at radius 1 is 1.11 bits per heavy atom. The van der Waals surface area contributed by atoms with Crippen LogP contribution in [-0.2, 0) is 0 Å². The summed E-state index contributed by atoms with van der Waals surface area (Å²) in [5.41, 5.74) is 7.51. The Balaban J connectivity index is 1.61. The number of carbonyl (C=O) groups excluding carboxylic acids is 2. The maximum absolute atomic E-state index is 13.1. The third kappa shape index (κ3) is 3.05. The molecule has 1 atom stereocenters. The minimum absolute atomic E-state index is 0.204. The standard InChI is InChI=1S/C19H18N6O2/c20-18-14(11-23-25(18)13-5-2-1-3-6-13)17(26)16-7-4-10-24(16)19(27)15-12-21-8-9-22-15/h1-3,5-6,8-9,11-12,16H,4,7,10,20H2. The first kappa shape index (κ1) is 16.9. The first-order chi connectivity index (χ1) is 13.2. The van der Waals surface area contributed by atoms with Crippen LogP contribution in [0.5, 0.6) is 0 Å². The number of nitrogen functional groups attached to an aromatic ring is 1. The second-order valence-electron chi connectivity index (χ2n) is 6.30. The van der Waals surface area contributed by atoms with Crippen LogP contribution in [0, 0.1) is 0 Å². The van der Waals surface area contributed by atoms with Gasteiger partial charge in [0.15, 0.2) is 5.78 Å². The van der Waals surface area contributed by atoms with Crippen LogP contribution in [0.2, 0.25) is 0 Å². The fourth-order valence-corrected chi connectivity index (χ4v) is 3.34. The molecule has 1 amide bonds. The lowest BCUT2D eigenvalue weighted by atomic mass is 10.0. The summed E-state index contributed by atoms with van der Waals surface area (Å²) in [7, 11) is 0. The maximum atomic E-state index is 13.1. The van der Waals surface area contributed by atoms with E-state index in [0.717, 1.165) is 12.1 Å². The van der Waals surface area contributed by atoms with Crippen molar-refractivity contribution in [3.63, 3.8) is 0 Å². The van der Waals surface area contributed by atoms with E-state index in [4.69, 9.17) is 5.73 Å². The Morgan fingerprint density at radius 2 is 1.93 bits per heavy atom. The molecule has 3 heterocycles. The fraction of sp³-hybridized carbons (Fsp3) is 0.211. The minimum Gasteiger partial charge on any atom is -0.383 e. The summed E-state index contributed by atoms with van der Waals surface area (Å²) >= 11 is 0. The SMILES string of the molecule is Nc1c(C(=O)C2CCCN2C(=O)c2cnccn2)cnn1-c1ccccc1. The lowest BCUT2D eigenvalue weighted by molar-refractivity contribution is 0.0667. The number of carbonyl (C=O) groups is 2. The number of rotatable bonds is 4. The van der Waals surface area contributed by atoms with Crippen molar-refractivity contribution in [1.29, 1.82) is 0 Å². The van der Waals surface area contributed by atoms with Gasteiger partial charge in [-0.1, -0.05) is 18.2 Å². The van der Waals surface area contributed by atoms with Gasteiger partial charge in [0.05, 0.1) is 29.7 Å². The number of Topliss-reactive ketones (excluding diaryl/α,β-unsaturated/α-hetero) is 1. The molecule has 1 saturated heterocycles. The molecular formula is C19H18N6O2. The van der Waals surface area contributed by atoms with Gasteiger partial charge in [-0.25, -0.2) is 9.67 Å². The molecule has 1 aliphatic heterocycles. The van der Waals surface area contributed by atoms with E-state index in [-0.39, 0.29) is 23.2 Å². The second-order valence-corrected chi connectivity index (χ2v) is 6.30. The van der Waals surface area contributed by atoms with Gasteiger partial charge in [-0.05, 0) is 25.0 Å². The number of amides is 1. The normalized spacial score (nSPS) is 16.4. The number of hydrogen-bond acceptors (Lipinski definition) is 6. The zero-order valence-corrected chi connectivity index (χ0v) is 14.5. The highest BCUT2D eigenvalue weighted by atomic mass is 16.2. The van der Waals surface area contributed by atoms with Gasteiger partial charge in [-0.3, -0.25) is 14.6 Å². The highest BCUT2D eigenvalue weighted by molar-refractivity contribution is 6.06. The van der Waals surface area contributed by atoms with Crippen molar-refractivity contribution in [1.82, 2.24) is 24.6 Å². The van der Waals surface area contributed by atoms with E-state index < -0.39 is 6.04 Å². The van der Waals surface area contributed by atoms with Gasteiger partial charge in [-0.15, -0.1) is 0 Å². The third-order valence-electron chi connectivity index (χ3n) is 4.67. The van der Waals surface area contributed by atoms with Crippen molar-refractivity contribution in [2.45, 2.75) is 18.9 Å². The van der Waals surface area contributed by atoms with Gasteiger partial charge < -0.3 is 10.6 Å². The summed E-state index contributed by atoms with van der Waals surface area (Å²) in [5.74, 6) is -0.234. The molecule has 0 aliphatic carbocycles. The fourth-order valence-electron chi connectivity index (χ4n) is 3.34. The zero-order valence-electron chi connectivity index (χ0n) is 14.5. The van der Waals surface area contributed by atoms with Crippen LogP contribution in [0.15, 0.2) is 55.1 Å². The molecule has 1 unspecified atom stereocenters. The first-order valence-corrected chi connectivity index (χ1v) is 8.67. The van der Waals surface area contributed by atoms with Crippen molar-refractivity contribution in [2.75, 3.05) is 12.3 Å². The Bertz CT molecular complexity index is 970. The second kappa shape index (κ2) is 6.99. The van der Waals surface area contributed by atoms with Gasteiger partial charge in [-0.2, -0.15) is 5.10 Å². The van der Waals surface area contributed by atoms with Gasteiger partial charge in [0.25, 0.3) is 5.91 Å². The van der Waals surface area contributed by atoms with Gasteiger partial charge in [0.2, 0.25) is 0 Å². The molecular weight excluding hydrogens is 344 g/mol. The van der Waals surface area contributed by atoms with Crippen molar-refractivity contribution >= 4 is 17.5 Å². The molecule has 4 rings (SSSR count). The van der Waals surface area contributed by atoms with E-state index in [2.05, 4.69) is 15.1 Å². The number of likely N-dealkylation sites (tertiary alicyclic amines) is 1. The molecule has 2 N–H and O–H groups in total. The average Bonchev–Trinajstić information content (AvgIpc) is 3.35. The lowest BCUT2D eigenvalue weighted by Gasteiger charge is -2.23. The van der Waals surface area contributed by atoms with Crippen molar-refractivity contribution in [3.05, 3.63) is 66.4 Å². The molecule has 3 aromatic rings. The number of aromatic nitrogens is 4. The first-order valence-electron chi connectivity index (χ1n) is 8.67. The zero-order chi connectivity index (χ0) is 18.8. The van der Waals surface area contributed by atoms with E-state index in [1.807, 2.05) is 30.3 Å². The van der Waals surface area contributed by atoms with Crippen molar-refractivity contribution in [2.24, 2.45) is 0 Å². The molecule has 27 heavy (non-hydrogen) atoms. The van der Waals surface area contributed by atoms with Crippen LogP contribution in [0.25, 0.3) is 5.69 Å².